The van der Waals surface area contributed by atoms with Crippen LogP contribution in [0.15, 0.2) is 41.4 Å². The van der Waals surface area contributed by atoms with Gasteiger partial charge < -0.3 is 10.2 Å². The second kappa shape index (κ2) is 6.83. The Hall–Kier alpha value is -2.02. The van der Waals surface area contributed by atoms with Gasteiger partial charge in [-0.05, 0) is 25.0 Å². The van der Waals surface area contributed by atoms with Crippen molar-refractivity contribution in [2.45, 2.75) is 12.8 Å². The topological polar surface area (TPSA) is 71.0 Å². The summed E-state index contributed by atoms with van der Waals surface area (Å²) in [5, 5.41) is 2.88. The third kappa shape index (κ3) is 3.59. The highest BCUT2D eigenvalue weighted by atomic mass is 79.9. The second-order valence-corrected chi connectivity index (χ2v) is 6.09. The first kappa shape index (κ1) is 14.9. The third-order valence-corrected chi connectivity index (χ3v) is 4.21. The molecule has 0 spiro atoms. The average Bonchev–Trinajstić information content (AvgIpc) is 2.56. The second-order valence-electron chi connectivity index (χ2n) is 5.17. The first-order chi connectivity index (χ1) is 10.7. The summed E-state index contributed by atoms with van der Waals surface area (Å²) >= 11 is 3.37. The number of aromatic nitrogens is 3. The minimum atomic E-state index is 0.00806. The van der Waals surface area contributed by atoms with Crippen LogP contribution in [0.1, 0.15) is 12.8 Å². The molecule has 22 heavy (non-hydrogen) atoms. The van der Waals surface area contributed by atoms with E-state index in [9.17, 15) is 4.79 Å². The van der Waals surface area contributed by atoms with Crippen LogP contribution in [0.4, 0.5) is 11.6 Å². The molecule has 6 nitrogen and oxygen atoms in total. The quantitative estimate of drug-likeness (QED) is 0.909. The number of carbonyl (C=O) groups is 1. The minimum absolute atomic E-state index is 0.00806. The summed E-state index contributed by atoms with van der Waals surface area (Å²) in [5.74, 6) is 1.49. The number of pyridine rings is 1. The van der Waals surface area contributed by atoms with Crippen LogP contribution in [0, 0.1) is 5.92 Å². The maximum Gasteiger partial charge on any atom is 0.228 e. The lowest BCUT2D eigenvalue weighted by Gasteiger charge is -2.31. The molecule has 114 valence electrons. The molecule has 0 aliphatic carbocycles. The van der Waals surface area contributed by atoms with E-state index < -0.39 is 0 Å². The number of nitrogens with zero attached hydrogens (tertiary/aromatic N) is 4. The third-order valence-electron chi connectivity index (χ3n) is 3.71. The zero-order valence-electron chi connectivity index (χ0n) is 11.9. The van der Waals surface area contributed by atoms with E-state index in [1.807, 2.05) is 6.07 Å². The fourth-order valence-electron chi connectivity index (χ4n) is 2.53. The van der Waals surface area contributed by atoms with Gasteiger partial charge in [0.15, 0.2) is 0 Å². The summed E-state index contributed by atoms with van der Waals surface area (Å²) in [4.78, 5) is 27.0. The van der Waals surface area contributed by atoms with Crippen LogP contribution >= 0.6 is 15.9 Å². The van der Waals surface area contributed by atoms with E-state index in [1.54, 1.807) is 30.9 Å². The Bertz CT molecular complexity index is 643. The maximum absolute atomic E-state index is 12.3. The van der Waals surface area contributed by atoms with Gasteiger partial charge in [-0.1, -0.05) is 15.9 Å². The highest BCUT2D eigenvalue weighted by Gasteiger charge is 2.25. The highest BCUT2D eigenvalue weighted by molar-refractivity contribution is 9.10. The van der Waals surface area contributed by atoms with Gasteiger partial charge >= 0.3 is 0 Å². The van der Waals surface area contributed by atoms with Crippen LogP contribution in [0.5, 0.6) is 0 Å². The van der Waals surface area contributed by atoms with Crippen LogP contribution in [0.2, 0.25) is 0 Å². The van der Waals surface area contributed by atoms with Crippen LogP contribution in [0.25, 0.3) is 0 Å². The predicted molar refractivity (Wildman–Crippen MR) is 87.5 cm³/mol. The molecule has 0 aromatic carbocycles. The molecular weight excluding hydrogens is 346 g/mol. The van der Waals surface area contributed by atoms with E-state index >= 15 is 0 Å². The van der Waals surface area contributed by atoms with Gasteiger partial charge in [-0.2, -0.15) is 0 Å². The van der Waals surface area contributed by atoms with Crippen molar-refractivity contribution in [2.75, 3.05) is 23.3 Å². The minimum Gasteiger partial charge on any atom is -0.355 e. The molecule has 3 rings (SSSR count). The number of hydrogen-bond acceptors (Lipinski definition) is 5. The van der Waals surface area contributed by atoms with E-state index in [0.717, 1.165) is 36.2 Å². The van der Waals surface area contributed by atoms with Crippen molar-refractivity contribution in [1.82, 2.24) is 15.0 Å². The summed E-state index contributed by atoms with van der Waals surface area (Å²) in [7, 11) is 0. The molecule has 0 saturated carbocycles. The molecule has 1 saturated heterocycles. The SMILES string of the molecule is O=C(Nc1cc(Br)ccn1)C1CCN(c2cnccn2)CC1. The molecule has 1 amide bonds. The van der Waals surface area contributed by atoms with E-state index in [-0.39, 0.29) is 11.8 Å². The molecule has 1 aliphatic rings. The Morgan fingerprint density at radius 3 is 2.73 bits per heavy atom. The maximum atomic E-state index is 12.3. The van der Waals surface area contributed by atoms with Crippen molar-refractivity contribution in [1.29, 1.82) is 0 Å². The Morgan fingerprint density at radius 1 is 1.23 bits per heavy atom. The van der Waals surface area contributed by atoms with Gasteiger partial charge in [0, 0.05) is 42.1 Å². The number of piperidine rings is 1. The Balaban J connectivity index is 1.56. The zero-order chi connectivity index (χ0) is 15.4. The van der Waals surface area contributed by atoms with Gasteiger partial charge in [-0.25, -0.2) is 9.97 Å². The lowest BCUT2D eigenvalue weighted by Crippen LogP contribution is -2.38. The molecule has 1 N–H and O–H groups in total. The van der Waals surface area contributed by atoms with Gasteiger partial charge in [-0.3, -0.25) is 9.78 Å². The van der Waals surface area contributed by atoms with Gasteiger partial charge in [0.25, 0.3) is 0 Å². The van der Waals surface area contributed by atoms with Crippen molar-refractivity contribution in [3.05, 3.63) is 41.4 Å². The van der Waals surface area contributed by atoms with E-state index in [4.69, 9.17) is 0 Å². The largest absolute Gasteiger partial charge is 0.355 e. The molecular formula is C15H16BrN5O. The van der Waals surface area contributed by atoms with Crippen LogP contribution in [-0.4, -0.2) is 33.9 Å². The number of anilines is 2. The molecule has 0 bridgehead atoms. The molecule has 3 heterocycles. The van der Waals surface area contributed by atoms with Gasteiger partial charge in [0.2, 0.25) is 5.91 Å². The van der Waals surface area contributed by atoms with E-state index in [0.29, 0.717) is 5.82 Å². The van der Waals surface area contributed by atoms with Crippen molar-refractivity contribution in [2.24, 2.45) is 5.92 Å². The van der Waals surface area contributed by atoms with E-state index in [2.05, 4.69) is 41.1 Å². The molecule has 2 aromatic rings. The summed E-state index contributed by atoms with van der Waals surface area (Å²) < 4.78 is 0.898. The summed E-state index contributed by atoms with van der Waals surface area (Å²) in [6, 6.07) is 3.63. The molecule has 0 atom stereocenters. The summed E-state index contributed by atoms with van der Waals surface area (Å²) in [6.07, 6.45) is 8.37. The van der Waals surface area contributed by atoms with Crippen molar-refractivity contribution in [3.8, 4) is 0 Å². The van der Waals surface area contributed by atoms with Gasteiger partial charge in [-0.15, -0.1) is 0 Å². The number of carbonyl (C=O) groups excluding carboxylic acids is 1. The zero-order valence-corrected chi connectivity index (χ0v) is 13.5. The lowest BCUT2D eigenvalue weighted by molar-refractivity contribution is -0.120. The molecule has 7 heteroatoms. The van der Waals surface area contributed by atoms with Crippen LogP contribution in [0.3, 0.4) is 0 Å². The molecule has 1 aliphatic heterocycles. The molecule has 0 unspecified atom stereocenters. The van der Waals surface area contributed by atoms with E-state index in [1.165, 1.54) is 0 Å². The smallest absolute Gasteiger partial charge is 0.228 e. The van der Waals surface area contributed by atoms with Crippen LogP contribution < -0.4 is 10.2 Å². The summed E-state index contributed by atoms with van der Waals surface area (Å²) in [6.45, 7) is 1.62. The number of halogens is 1. The first-order valence-corrected chi connectivity index (χ1v) is 7.95. The summed E-state index contributed by atoms with van der Waals surface area (Å²) in [5.41, 5.74) is 0. The van der Waals surface area contributed by atoms with Crippen molar-refractivity contribution >= 4 is 33.5 Å². The normalized spacial score (nSPS) is 15.6. The van der Waals surface area contributed by atoms with Gasteiger partial charge in [0.1, 0.15) is 11.6 Å². The number of hydrogen-bond donors (Lipinski definition) is 1. The van der Waals surface area contributed by atoms with Crippen LogP contribution in [-0.2, 0) is 4.79 Å². The Kier molecular flexibility index (Phi) is 4.62. The first-order valence-electron chi connectivity index (χ1n) is 7.16. The molecule has 1 fully saturated rings. The standard InChI is InChI=1S/C15H16BrN5O/c16-12-1-4-18-13(9-12)20-15(22)11-2-7-21(8-3-11)14-10-17-5-6-19-14/h1,4-6,9-11H,2-3,7-8H2,(H,18,20,22). The van der Waals surface area contributed by atoms with Crippen molar-refractivity contribution in [3.63, 3.8) is 0 Å². The molecule has 0 radical (unpaired) electrons. The monoisotopic (exact) mass is 361 g/mol. The highest BCUT2D eigenvalue weighted by Crippen LogP contribution is 2.22. The van der Waals surface area contributed by atoms with Crippen molar-refractivity contribution < 1.29 is 4.79 Å². The number of nitrogens with one attached hydrogen (secondary N) is 1. The number of amides is 1. The average molecular weight is 362 g/mol. The Labute approximate surface area is 137 Å². The lowest BCUT2D eigenvalue weighted by atomic mass is 9.96. The van der Waals surface area contributed by atoms with Gasteiger partial charge in [0.05, 0.1) is 6.20 Å². The molecule has 2 aromatic heterocycles. The fourth-order valence-corrected chi connectivity index (χ4v) is 2.86. The fraction of sp³-hybridized carbons (Fsp3) is 0.333. The number of rotatable bonds is 3. The Morgan fingerprint density at radius 2 is 2.05 bits per heavy atom. The predicted octanol–water partition coefficient (Wildman–Crippen LogP) is 2.49.